The van der Waals surface area contributed by atoms with E-state index in [4.69, 9.17) is 4.74 Å². The lowest BCUT2D eigenvalue weighted by molar-refractivity contribution is 0.130. The SMILES string of the molecule is CC(C)OC(=O)Nc1cccc2c1CNCC2. The molecule has 0 saturated heterocycles. The number of ether oxygens (including phenoxy) is 1. The van der Waals surface area contributed by atoms with Gasteiger partial charge in [-0.05, 0) is 44.0 Å². The Balaban J connectivity index is 2.13. The van der Waals surface area contributed by atoms with Gasteiger partial charge >= 0.3 is 6.09 Å². The summed E-state index contributed by atoms with van der Waals surface area (Å²) in [6.07, 6.45) is 0.510. The number of benzene rings is 1. The lowest BCUT2D eigenvalue weighted by atomic mass is 9.99. The Labute approximate surface area is 101 Å². The van der Waals surface area contributed by atoms with E-state index in [0.717, 1.165) is 25.2 Å². The van der Waals surface area contributed by atoms with Crippen LogP contribution in [0.15, 0.2) is 18.2 Å². The van der Waals surface area contributed by atoms with Crippen LogP contribution in [0.1, 0.15) is 25.0 Å². The molecule has 0 atom stereocenters. The summed E-state index contributed by atoms with van der Waals surface area (Å²) >= 11 is 0. The third kappa shape index (κ3) is 2.97. The summed E-state index contributed by atoms with van der Waals surface area (Å²) in [6.45, 7) is 5.46. The van der Waals surface area contributed by atoms with Crippen molar-refractivity contribution < 1.29 is 9.53 Å². The van der Waals surface area contributed by atoms with Crippen LogP contribution in [0.3, 0.4) is 0 Å². The molecule has 1 aromatic carbocycles. The predicted molar refractivity (Wildman–Crippen MR) is 67.1 cm³/mol. The van der Waals surface area contributed by atoms with Gasteiger partial charge in [-0.3, -0.25) is 5.32 Å². The quantitative estimate of drug-likeness (QED) is 0.825. The van der Waals surface area contributed by atoms with Crippen LogP contribution < -0.4 is 10.6 Å². The van der Waals surface area contributed by atoms with E-state index >= 15 is 0 Å². The zero-order valence-electron chi connectivity index (χ0n) is 10.2. The van der Waals surface area contributed by atoms with Gasteiger partial charge in [-0.2, -0.15) is 0 Å². The summed E-state index contributed by atoms with van der Waals surface area (Å²) in [5.74, 6) is 0. The lowest BCUT2D eigenvalue weighted by Crippen LogP contribution is -2.26. The van der Waals surface area contributed by atoms with E-state index < -0.39 is 0 Å². The second kappa shape index (κ2) is 5.19. The Bertz CT molecular complexity index is 416. The van der Waals surface area contributed by atoms with Crippen molar-refractivity contribution in [1.29, 1.82) is 0 Å². The number of amides is 1. The number of anilines is 1. The van der Waals surface area contributed by atoms with Crippen LogP contribution in [-0.2, 0) is 17.7 Å². The predicted octanol–water partition coefficient (Wildman–Crippen LogP) is 2.29. The van der Waals surface area contributed by atoms with E-state index in [1.807, 2.05) is 26.0 Å². The standard InChI is InChI=1S/C13H18N2O2/c1-9(2)17-13(16)15-12-5-3-4-10-6-7-14-8-11(10)12/h3-5,9,14H,6-8H2,1-2H3,(H,15,16). The van der Waals surface area contributed by atoms with Gasteiger partial charge in [-0.25, -0.2) is 4.79 Å². The molecule has 92 valence electrons. The van der Waals surface area contributed by atoms with Crippen molar-refractivity contribution in [2.75, 3.05) is 11.9 Å². The average molecular weight is 234 g/mol. The number of hydrogen-bond donors (Lipinski definition) is 2. The summed E-state index contributed by atoms with van der Waals surface area (Å²) in [5.41, 5.74) is 3.31. The number of rotatable bonds is 2. The van der Waals surface area contributed by atoms with Crippen molar-refractivity contribution in [1.82, 2.24) is 5.32 Å². The monoisotopic (exact) mass is 234 g/mol. The molecule has 0 spiro atoms. The largest absolute Gasteiger partial charge is 0.447 e. The normalized spacial score (nSPS) is 14.3. The highest BCUT2D eigenvalue weighted by Crippen LogP contribution is 2.23. The van der Waals surface area contributed by atoms with Crippen molar-refractivity contribution in [2.45, 2.75) is 32.9 Å². The van der Waals surface area contributed by atoms with E-state index in [1.54, 1.807) is 0 Å². The zero-order valence-corrected chi connectivity index (χ0v) is 10.2. The van der Waals surface area contributed by atoms with Crippen LogP contribution in [0.4, 0.5) is 10.5 Å². The summed E-state index contributed by atoms with van der Waals surface area (Å²) < 4.78 is 5.07. The Hall–Kier alpha value is -1.55. The van der Waals surface area contributed by atoms with Crippen molar-refractivity contribution >= 4 is 11.8 Å². The number of nitrogens with one attached hydrogen (secondary N) is 2. The third-order valence-corrected chi connectivity index (χ3v) is 2.73. The molecule has 4 nitrogen and oxygen atoms in total. The molecule has 1 amide bonds. The Morgan fingerprint density at radius 2 is 2.29 bits per heavy atom. The number of carbonyl (C=O) groups excluding carboxylic acids is 1. The molecule has 0 unspecified atom stereocenters. The molecule has 2 rings (SSSR count). The number of carbonyl (C=O) groups is 1. The molecule has 0 aliphatic carbocycles. The van der Waals surface area contributed by atoms with Gasteiger partial charge in [0.1, 0.15) is 0 Å². The molecular weight excluding hydrogens is 216 g/mol. The third-order valence-electron chi connectivity index (χ3n) is 2.73. The van der Waals surface area contributed by atoms with Crippen LogP contribution in [0.5, 0.6) is 0 Å². The van der Waals surface area contributed by atoms with Crippen LogP contribution in [0, 0.1) is 0 Å². The van der Waals surface area contributed by atoms with Gasteiger partial charge < -0.3 is 10.1 Å². The molecule has 4 heteroatoms. The van der Waals surface area contributed by atoms with E-state index in [1.165, 1.54) is 11.1 Å². The molecule has 0 fully saturated rings. The summed E-state index contributed by atoms with van der Waals surface area (Å²) in [7, 11) is 0. The molecule has 1 aliphatic heterocycles. The molecule has 1 heterocycles. The average Bonchev–Trinajstić information content (AvgIpc) is 2.28. The molecule has 2 N–H and O–H groups in total. The minimum atomic E-state index is -0.390. The first-order chi connectivity index (χ1) is 8.16. The maximum absolute atomic E-state index is 11.6. The fourth-order valence-electron chi connectivity index (χ4n) is 1.98. The number of hydrogen-bond acceptors (Lipinski definition) is 3. The molecular formula is C13H18N2O2. The van der Waals surface area contributed by atoms with Crippen molar-refractivity contribution in [3.63, 3.8) is 0 Å². The number of fused-ring (bicyclic) bond motifs is 1. The zero-order chi connectivity index (χ0) is 12.3. The van der Waals surface area contributed by atoms with Crippen LogP contribution in [0.25, 0.3) is 0 Å². The van der Waals surface area contributed by atoms with Crippen molar-refractivity contribution in [3.8, 4) is 0 Å². The van der Waals surface area contributed by atoms with Gasteiger partial charge in [-0.15, -0.1) is 0 Å². The van der Waals surface area contributed by atoms with Crippen molar-refractivity contribution in [2.24, 2.45) is 0 Å². The smallest absolute Gasteiger partial charge is 0.411 e. The Morgan fingerprint density at radius 1 is 1.47 bits per heavy atom. The first-order valence-corrected chi connectivity index (χ1v) is 5.96. The maximum Gasteiger partial charge on any atom is 0.411 e. The van der Waals surface area contributed by atoms with E-state index in [9.17, 15) is 4.79 Å². The molecule has 1 aliphatic rings. The molecule has 0 aromatic heterocycles. The summed E-state index contributed by atoms with van der Waals surface area (Å²) in [5, 5.41) is 6.10. The Morgan fingerprint density at radius 3 is 3.06 bits per heavy atom. The highest BCUT2D eigenvalue weighted by molar-refractivity contribution is 5.86. The maximum atomic E-state index is 11.6. The minimum absolute atomic E-state index is 0.104. The molecule has 0 radical (unpaired) electrons. The van der Waals surface area contributed by atoms with E-state index in [-0.39, 0.29) is 12.2 Å². The van der Waals surface area contributed by atoms with Gasteiger partial charge in [0.15, 0.2) is 0 Å². The fraction of sp³-hybridized carbons (Fsp3) is 0.462. The van der Waals surface area contributed by atoms with Gasteiger partial charge in [0.2, 0.25) is 0 Å². The second-order valence-corrected chi connectivity index (χ2v) is 4.45. The van der Waals surface area contributed by atoms with Gasteiger partial charge in [0, 0.05) is 12.2 Å². The Kier molecular flexibility index (Phi) is 3.64. The van der Waals surface area contributed by atoms with Crippen LogP contribution in [0.2, 0.25) is 0 Å². The van der Waals surface area contributed by atoms with Gasteiger partial charge in [-0.1, -0.05) is 12.1 Å². The molecule has 1 aromatic rings. The summed E-state index contributed by atoms with van der Waals surface area (Å²) in [4.78, 5) is 11.6. The highest BCUT2D eigenvalue weighted by Gasteiger charge is 2.14. The first-order valence-electron chi connectivity index (χ1n) is 5.96. The van der Waals surface area contributed by atoms with Crippen LogP contribution >= 0.6 is 0 Å². The van der Waals surface area contributed by atoms with E-state index in [0.29, 0.717) is 0 Å². The summed E-state index contributed by atoms with van der Waals surface area (Å²) in [6, 6.07) is 5.98. The topological polar surface area (TPSA) is 50.4 Å². The van der Waals surface area contributed by atoms with Gasteiger partial charge in [0.05, 0.1) is 6.10 Å². The second-order valence-electron chi connectivity index (χ2n) is 4.45. The fourth-order valence-corrected chi connectivity index (χ4v) is 1.98. The first kappa shape index (κ1) is 11.9. The molecule has 0 bridgehead atoms. The van der Waals surface area contributed by atoms with Crippen LogP contribution in [-0.4, -0.2) is 18.7 Å². The van der Waals surface area contributed by atoms with E-state index in [2.05, 4.69) is 16.7 Å². The lowest BCUT2D eigenvalue weighted by Gasteiger charge is -2.20. The highest BCUT2D eigenvalue weighted by atomic mass is 16.6. The van der Waals surface area contributed by atoms with Gasteiger partial charge in [0.25, 0.3) is 0 Å². The van der Waals surface area contributed by atoms with Crippen molar-refractivity contribution in [3.05, 3.63) is 29.3 Å². The molecule has 17 heavy (non-hydrogen) atoms. The minimum Gasteiger partial charge on any atom is -0.447 e. The molecule has 0 saturated carbocycles.